The van der Waals surface area contributed by atoms with Crippen molar-refractivity contribution in [1.82, 2.24) is 0 Å². The van der Waals surface area contributed by atoms with Crippen LogP contribution in [0.4, 0.5) is 0 Å². The number of aliphatic hydroxyl groups is 1. The highest BCUT2D eigenvalue weighted by atomic mass is 16.5. The fourth-order valence-corrected chi connectivity index (χ4v) is 1.67. The summed E-state index contributed by atoms with van der Waals surface area (Å²) in [6.45, 7) is 3.01. The fraction of sp³-hybridized carbons (Fsp3) is 1.00. The lowest BCUT2D eigenvalue weighted by molar-refractivity contribution is -0.0302. The van der Waals surface area contributed by atoms with Gasteiger partial charge in [0.2, 0.25) is 0 Å². The lowest BCUT2D eigenvalue weighted by Gasteiger charge is -2.19. The second-order valence-electron chi connectivity index (χ2n) is 3.61. The molecule has 0 aromatic rings. The highest BCUT2D eigenvalue weighted by molar-refractivity contribution is 4.71. The van der Waals surface area contributed by atoms with E-state index in [-0.39, 0.29) is 12.2 Å². The van der Waals surface area contributed by atoms with Crippen molar-refractivity contribution in [3.63, 3.8) is 0 Å². The molecular formula is C10H20O2. The summed E-state index contributed by atoms with van der Waals surface area (Å²) in [6.07, 6.45) is 6.44. The normalized spacial score (nSPS) is 31.5. The van der Waals surface area contributed by atoms with Gasteiger partial charge in [-0.05, 0) is 25.7 Å². The summed E-state index contributed by atoms with van der Waals surface area (Å²) in [5, 5.41) is 9.65. The average Bonchev–Trinajstić information content (AvgIpc) is 2.27. The van der Waals surface area contributed by atoms with Gasteiger partial charge in [-0.25, -0.2) is 0 Å². The van der Waals surface area contributed by atoms with Gasteiger partial charge in [-0.3, -0.25) is 0 Å². The molecule has 1 saturated heterocycles. The third-order valence-corrected chi connectivity index (χ3v) is 2.50. The summed E-state index contributed by atoms with van der Waals surface area (Å²) in [5.41, 5.74) is 0. The molecule has 0 spiro atoms. The number of hydrogen-bond donors (Lipinski definition) is 1. The predicted octanol–water partition coefficient (Wildman–Crippen LogP) is 2.11. The van der Waals surface area contributed by atoms with Crippen LogP contribution in [0.15, 0.2) is 0 Å². The van der Waals surface area contributed by atoms with Gasteiger partial charge in [0.05, 0.1) is 12.2 Å². The number of ether oxygens (including phenoxy) is 1. The zero-order chi connectivity index (χ0) is 8.81. The molecule has 2 heteroatoms. The average molecular weight is 172 g/mol. The molecule has 1 aliphatic heterocycles. The van der Waals surface area contributed by atoms with Crippen LogP contribution in [0.25, 0.3) is 0 Å². The molecule has 2 atom stereocenters. The van der Waals surface area contributed by atoms with Gasteiger partial charge >= 0.3 is 0 Å². The quantitative estimate of drug-likeness (QED) is 0.706. The van der Waals surface area contributed by atoms with Gasteiger partial charge in [-0.1, -0.05) is 19.8 Å². The van der Waals surface area contributed by atoms with E-state index in [9.17, 15) is 5.11 Å². The first-order chi connectivity index (χ1) is 5.84. The molecule has 1 heterocycles. The first-order valence-corrected chi connectivity index (χ1v) is 5.14. The summed E-state index contributed by atoms with van der Waals surface area (Å²) in [6, 6.07) is 0. The Morgan fingerprint density at radius 3 is 3.00 bits per heavy atom. The topological polar surface area (TPSA) is 29.5 Å². The largest absolute Gasteiger partial charge is 0.390 e. The standard InChI is InChI=1S/C10H20O2/c1-2-3-7-10-9(11)6-4-5-8-12-10/h9-11H,2-8H2,1H3/t9-,10+/m1/s1. The van der Waals surface area contributed by atoms with Gasteiger partial charge < -0.3 is 9.84 Å². The Hall–Kier alpha value is -0.0800. The van der Waals surface area contributed by atoms with Crippen molar-refractivity contribution in [1.29, 1.82) is 0 Å². The zero-order valence-electron chi connectivity index (χ0n) is 7.96. The minimum atomic E-state index is -0.209. The van der Waals surface area contributed by atoms with Gasteiger partial charge in [0.25, 0.3) is 0 Å². The first kappa shape index (κ1) is 10.0. The molecule has 0 unspecified atom stereocenters. The minimum Gasteiger partial charge on any atom is -0.390 e. The molecule has 0 aromatic heterocycles. The van der Waals surface area contributed by atoms with Gasteiger partial charge in [0, 0.05) is 6.61 Å². The van der Waals surface area contributed by atoms with E-state index in [4.69, 9.17) is 4.74 Å². The molecular weight excluding hydrogens is 152 g/mol. The number of unbranched alkanes of at least 4 members (excludes halogenated alkanes) is 1. The van der Waals surface area contributed by atoms with Crippen LogP contribution in [0.2, 0.25) is 0 Å². The van der Waals surface area contributed by atoms with Gasteiger partial charge in [0.15, 0.2) is 0 Å². The molecule has 0 bridgehead atoms. The van der Waals surface area contributed by atoms with E-state index in [0.717, 1.165) is 32.3 Å². The van der Waals surface area contributed by atoms with E-state index in [1.54, 1.807) is 0 Å². The molecule has 0 radical (unpaired) electrons. The van der Waals surface area contributed by atoms with Crippen molar-refractivity contribution in [3.05, 3.63) is 0 Å². The second-order valence-corrected chi connectivity index (χ2v) is 3.61. The molecule has 12 heavy (non-hydrogen) atoms. The van der Waals surface area contributed by atoms with Crippen molar-refractivity contribution in [2.45, 2.75) is 57.7 Å². The molecule has 0 amide bonds. The van der Waals surface area contributed by atoms with Crippen LogP contribution in [0.3, 0.4) is 0 Å². The van der Waals surface area contributed by atoms with Gasteiger partial charge in [-0.2, -0.15) is 0 Å². The van der Waals surface area contributed by atoms with Gasteiger partial charge in [-0.15, -0.1) is 0 Å². The Balaban J connectivity index is 2.26. The van der Waals surface area contributed by atoms with E-state index < -0.39 is 0 Å². The zero-order valence-corrected chi connectivity index (χ0v) is 7.96. The number of aliphatic hydroxyl groups excluding tert-OH is 1. The number of hydrogen-bond acceptors (Lipinski definition) is 2. The second kappa shape index (κ2) is 5.55. The van der Waals surface area contributed by atoms with Crippen LogP contribution in [0.1, 0.15) is 45.4 Å². The molecule has 0 aromatic carbocycles. The third-order valence-electron chi connectivity index (χ3n) is 2.50. The van der Waals surface area contributed by atoms with Crippen LogP contribution in [0, 0.1) is 0 Å². The summed E-state index contributed by atoms with van der Waals surface area (Å²) in [7, 11) is 0. The van der Waals surface area contributed by atoms with Crippen LogP contribution < -0.4 is 0 Å². The predicted molar refractivity (Wildman–Crippen MR) is 49.1 cm³/mol. The molecule has 72 valence electrons. The Labute approximate surface area is 74.9 Å². The molecule has 0 aliphatic carbocycles. The van der Waals surface area contributed by atoms with Crippen molar-refractivity contribution >= 4 is 0 Å². The highest BCUT2D eigenvalue weighted by Crippen LogP contribution is 2.18. The fourth-order valence-electron chi connectivity index (χ4n) is 1.67. The molecule has 1 fully saturated rings. The maximum Gasteiger partial charge on any atom is 0.0833 e. The van der Waals surface area contributed by atoms with E-state index >= 15 is 0 Å². The molecule has 1 N–H and O–H groups in total. The Kier molecular flexibility index (Phi) is 4.62. The van der Waals surface area contributed by atoms with E-state index in [1.165, 1.54) is 12.8 Å². The van der Waals surface area contributed by atoms with Gasteiger partial charge in [0.1, 0.15) is 0 Å². The summed E-state index contributed by atoms with van der Waals surface area (Å²) in [4.78, 5) is 0. The first-order valence-electron chi connectivity index (χ1n) is 5.14. The summed E-state index contributed by atoms with van der Waals surface area (Å²) in [5.74, 6) is 0. The van der Waals surface area contributed by atoms with Crippen LogP contribution in [0.5, 0.6) is 0 Å². The minimum absolute atomic E-state index is 0.118. The monoisotopic (exact) mass is 172 g/mol. The van der Waals surface area contributed by atoms with Crippen molar-refractivity contribution in [2.75, 3.05) is 6.61 Å². The number of rotatable bonds is 3. The molecule has 1 rings (SSSR count). The molecule has 1 aliphatic rings. The van der Waals surface area contributed by atoms with Crippen molar-refractivity contribution in [3.8, 4) is 0 Å². The summed E-state index contributed by atoms with van der Waals surface area (Å²) >= 11 is 0. The summed E-state index contributed by atoms with van der Waals surface area (Å²) < 4.78 is 5.57. The van der Waals surface area contributed by atoms with E-state index in [1.807, 2.05) is 0 Å². The van der Waals surface area contributed by atoms with E-state index in [0.29, 0.717) is 0 Å². The highest BCUT2D eigenvalue weighted by Gasteiger charge is 2.21. The lowest BCUT2D eigenvalue weighted by Crippen LogP contribution is -2.27. The smallest absolute Gasteiger partial charge is 0.0833 e. The molecule has 0 saturated carbocycles. The maximum atomic E-state index is 9.65. The van der Waals surface area contributed by atoms with Crippen LogP contribution in [-0.4, -0.2) is 23.9 Å². The third kappa shape index (κ3) is 3.11. The Morgan fingerprint density at radius 2 is 2.25 bits per heavy atom. The Morgan fingerprint density at radius 1 is 1.42 bits per heavy atom. The van der Waals surface area contributed by atoms with Crippen LogP contribution in [-0.2, 0) is 4.74 Å². The van der Waals surface area contributed by atoms with E-state index in [2.05, 4.69) is 6.92 Å². The SMILES string of the molecule is CCCC[C@@H]1OCCCC[C@H]1O. The maximum absolute atomic E-state index is 9.65. The van der Waals surface area contributed by atoms with Crippen LogP contribution >= 0.6 is 0 Å². The lowest BCUT2D eigenvalue weighted by atomic mass is 10.0. The van der Waals surface area contributed by atoms with Crippen molar-refractivity contribution in [2.24, 2.45) is 0 Å². The molecule has 2 nitrogen and oxygen atoms in total. The van der Waals surface area contributed by atoms with Crippen molar-refractivity contribution < 1.29 is 9.84 Å². The Bertz CT molecular complexity index is 114.